The molecule has 31 heavy (non-hydrogen) atoms. The quantitative estimate of drug-likeness (QED) is 0.734. The Morgan fingerprint density at radius 1 is 1.16 bits per heavy atom. The molecule has 0 bridgehead atoms. The summed E-state index contributed by atoms with van der Waals surface area (Å²) in [4.78, 5) is 26.6. The fourth-order valence-electron chi connectivity index (χ4n) is 3.36. The number of pyridine rings is 1. The zero-order chi connectivity index (χ0) is 22.4. The topological polar surface area (TPSA) is 66.8 Å². The maximum Gasteiger partial charge on any atom is 0.416 e. The van der Waals surface area contributed by atoms with Gasteiger partial charge in [0.15, 0.2) is 5.84 Å². The fraction of sp³-hybridized carbons (Fsp3) is 0.350. The van der Waals surface area contributed by atoms with Gasteiger partial charge in [-0.2, -0.15) is 13.2 Å². The van der Waals surface area contributed by atoms with Gasteiger partial charge in [-0.1, -0.05) is 0 Å². The Hall–Kier alpha value is -3.08. The molecular formula is C20H17F5N4O2. The van der Waals surface area contributed by atoms with Crippen molar-refractivity contribution in [2.75, 3.05) is 4.90 Å². The van der Waals surface area contributed by atoms with Crippen molar-refractivity contribution in [3.8, 4) is 0 Å². The van der Waals surface area contributed by atoms with Gasteiger partial charge in [0.2, 0.25) is 12.1 Å². The Morgan fingerprint density at radius 2 is 1.94 bits per heavy atom. The van der Waals surface area contributed by atoms with E-state index in [4.69, 9.17) is 4.84 Å². The fourth-order valence-corrected chi connectivity index (χ4v) is 3.36. The van der Waals surface area contributed by atoms with Crippen LogP contribution in [0.4, 0.5) is 27.6 Å². The summed E-state index contributed by atoms with van der Waals surface area (Å²) in [5.74, 6) is -3.28. The molecule has 164 valence electrons. The van der Waals surface area contributed by atoms with Gasteiger partial charge < -0.3 is 4.90 Å². The number of fused-ring (bicyclic) bond motifs is 1. The third-order valence-corrected chi connectivity index (χ3v) is 4.97. The molecule has 1 atom stereocenters. The molecule has 0 fully saturated rings. The predicted molar refractivity (Wildman–Crippen MR) is 100 cm³/mol. The van der Waals surface area contributed by atoms with Crippen LogP contribution in [0.1, 0.15) is 35.7 Å². The lowest BCUT2D eigenvalue weighted by molar-refractivity contribution is -0.137. The number of carbonyl (C=O) groups excluding carboxylic acids is 1. The molecule has 4 rings (SSSR count). The van der Waals surface area contributed by atoms with Gasteiger partial charge >= 0.3 is 6.18 Å². The highest BCUT2D eigenvalue weighted by Gasteiger charge is 2.39. The number of amides is 1. The van der Waals surface area contributed by atoms with E-state index in [1.54, 1.807) is 12.1 Å². The van der Waals surface area contributed by atoms with Gasteiger partial charge in [0, 0.05) is 30.8 Å². The van der Waals surface area contributed by atoms with Gasteiger partial charge in [0.25, 0.3) is 5.92 Å². The second-order valence-corrected chi connectivity index (χ2v) is 7.37. The van der Waals surface area contributed by atoms with E-state index in [0.717, 1.165) is 12.1 Å². The highest BCUT2D eigenvalue weighted by atomic mass is 19.4. The van der Waals surface area contributed by atoms with Crippen LogP contribution in [0.2, 0.25) is 0 Å². The number of aryl methyl sites for hydroxylation is 1. The molecule has 0 spiro atoms. The minimum Gasteiger partial charge on any atom is -0.306 e. The molecule has 6 nitrogen and oxygen atoms in total. The highest BCUT2D eigenvalue weighted by molar-refractivity contribution is 5.99. The first kappa shape index (κ1) is 21.2. The number of alkyl halides is 5. The van der Waals surface area contributed by atoms with Crippen LogP contribution in [0.25, 0.3) is 0 Å². The lowest BCUT2D eigenvalue weighted by atomic mass is 9.98. The van der Waals surface area contributed by atoms with Gasteiger partial charge in [-0.25, -0.2) is 24.1 Å². The van der Waals surface area contributed by atoms with Crippen LogP contribution in [-0.2, 0) is 28.8 Å². The predicted octanol–water partition coefficient (Wildman–Crippen LogP) is 3.84. The maximum atomic E-state index is 13.3. The first-order valence-corrected chi connectivity index (χ1v) is 9.35. The molecule has 2 aliphatic rings. The summed E-state index contributed by atoms with van der Waals surface area (Å²) in [6, 6.07) is 6.47. The molecule has 0 radical (unpaired) electrons. The minimum absolute atomic E-state index is 0.0591. The molecule has 1 amide bonds. The van der Waals surface area contributed by atoms with Crippen molar-refractivity contribution in [3.05, 3.63) is 58.9 Å². The number of hydrogen-bond donors (Lipinski definition) is 1. The Bertz CT molecular complexity index is 1030. The third-order valence-electron chi connectivity index (χ3n) is 4.97. The number of hydroxylamine groups is 1. The molecule has 1 unspecified atom stereocenters. The van der Waals surface area contributed by atoms with Crippen LogP contribution < -0.4 is 10.4 Å². The molecule has 3 heterocycles. The van der Waals surface area contributed by atoms with Crippen LogP contribution in [0.3, 0.4) is 0 Å². The number of carbonyl (C=O) groups is 1. The normalized spacial score (nSPS) is 19.2. The number of aromatic nitrogens is 1. The van der Waals surface area contributed by atoms with E-state index in [1.165, 1.54) is 17.2 Å². The van der Waals surface area contributed by atoms with Gasteiger partial charge in [-0.3, -0.25) is 9.78 Å². The lowest BCUT2D eigenvalue weighted by Gasteiger charge is -2.29. The molecular weight excluding hydrogens is 423 g/mol. The van der Waals surface area contributed by atoms with Crippen molar-refractivity contribution >= 4 is 17.4 Å². The molecule has 2 aromatic rings. The second kappa shape index (κ2) is 7.56. The molecule has 0 saturated heterocycles. The van der Waals surface area contributed by atoms with E-state index in [2.05, 4.69) is 15.5 Å². The third kappa shape index (κ3) is 4.36. The number of nitrogens with one attached hydrogen (secondary N) is 1. The number of nitrogens with zero attached hydrogens (tertiary/aromatic N) is 3. The van der Waals surface area contributed by atoms with Crippen molar-refractivity contribution < 1.29 is 31.6 Å². The summed E-state index contributed by atoms with van der Waals surface area (Å²) in [7, 11) is 0. The summed E-state index contributed by atoms with van der Waals surface area (Å²) in [5.41, 5.74) is 3.33. The second-order valence-electron chi connectivity index (χ2n) is 7.37. The number of halogens is 5. The molecule has 2 aliphatic heterocycles. The van der Waals surface area contributed by atoms with Crippen LogP contribution in [0.15, 0.2) is 41.5 Å². The van der Waals surface area contributed by atoms with Crippen LogP contribution in [0.5, 0.6) is 0 Å². The lowest BCUT2D eigenvalue weighted by Crippen LogP contribution is -2.35. The van der Waals surface area contributed by atoms with E-state index in [9.17, 15) is 26.7 Å². The Labute approximate surface area is 173 Å². The molecule has 0 aliphatic carbocycles. The van der Waals surface area contributed by atoms with Gasteiger partial charge in [-0.05, 0) is 42.3 Å². The summed E-state index contributed by atoms with van der Waals surface area (Å²) in [6.07, 6.45) is -4.39. The van der Waals surface area contributed by atoms with Crippen molar-refractivity contribution in [2.24, 2.45) is 4.99 Å². The number of anilines is 1. The van der Waals surface area contributed by atoms with E-state index >= 15 is 0 Å². The Morgan fingerprint density at radius 3 is 2.55 bits per heavy atom. The molecule has 0 saturated carbocycles. The average Bonchev–Trinajstić information content (AvgIpc) is 3.20. The molecule has 11 heteroatoms. The first-order valence-electron chi connectivity index (χ1n) is 9.35. The summed E-state index contributed by atoms with van der Waals surface area (Å²) >= 11 is 0. The zero-order valence-electron chi connectivity index (χ0n) is 16.2. The van der Waals surface area contributed by atoms with Crippen molar-refractivity contribution in [3.63, 3.8) is 0 Å². The summed E-state index contributed by atoms with van der Waals surface area (Å²) in [5, 5.41) is 0. The van der Waals surface area contributed by atoms with Crippen LogP contribution >= 0.6 is 0 Å². The number of rotatable bonds is 4. The largest absolute Gasteiger partial charge is 0.416 e. The monoisotopic (exact) mass is 440 g/mol. The zero-order valence-corrected chi connectivity index (χ0v) is 16.2. The van der Waals surface area contributed by atoms with Crippen LogP contribution in [-0.4, -0.2) is 28.9 Å². The van der Waals surface area contributed by atoms with E-state index in [-0.39, 0.29) is 31.1 Å². The minimum atomic E-state index is -4.46. The van der Waals surface area contributed by atoms with Gasteiger partial charge in [-0.15, -0.1) is 0 Å². The van der Waals surface area contributed by atoms with Crippen LogP contribution in [0, 0.1) is 0 Å². The molecule has 1 N–H and O–H groups in total. The van der Waals surface area contributed by atoms with E-state index in [1.807, 2.05) is 0 Å². The average molecular weight is 440 g/mol. The number of benzene rings is 1. The summed E-state index contributed by atoms with van der Waals surface area (Å²) in [6.45, 7) is 0.752. The maximum absolute atomic E-state index is 13.3. The standard InChI is InChI=1S/C20H17F5N4O2/c1-19(21,22)18-27-17(28-31-18)12-2-5-14(26-9-12)10-29-15-6-4-13(20(23,24)25)8-11(15)3-7-16(29)30/h2,4-6,8-9,18H,3,7,10H2,1H3,(H,27,28). The van der Waals surface area contributed by atoms with Crippen molar-refractivity contribution in [2.45, 2.75) is 44.6 Å². The van der Waals surface area contributed by atoms with E-state index in [0.29, 0.717) is 29.4 Å². The SMILES string of the molecule is CC(F)(F)C1N=C(c2ccc(CN3C(=O)CCc4cc(C(F)(F)F)ccc43)nc2)NO1. The van der Waals surface area contributed by atoms with Crippen molar-refractivity contribution in [1.82, 2.24) is 10.5 Å². The van der Waals surface area contributed by atoms with Gasteiger partial charge in [0.1, 0.15) is 0 Å². The van der Waals surface area contributed by atoms with E-state index < -0.39 is 23.9 Å². The van der Waals surface area contributed by atoms with Gasteiger partial charge in [0.05, 0.1) is 17.8 Å². The first-order chi connectivity index (χ1) is 14.5. The highest BCUT2D eigenvalue weighted by Crippen LogP contribution is 2.36. The molecule has 1 aromatic carbocycles. The number of hydrogen-bond acceptors (Lipinski definition) is 5. The molecule has 1 aromatic heterocycles. The Kier molecular flexibility index (Phi) is 5.16. The summed E-state index contributed by atoms with van der Waals surface area (Å²) < 4.78 is 65.5. The Balaban J connectivity index is 1.53. The smallest absolute Gasteiger partial charge is 0.306 e. The number of amidine groups is 1. The van der Waals surface area contributed by atoms with Crippen molar-refractivity contribution in [1.29, 1.82) is 0 Å². The number of aliphatic imine (C=N–C) groups is 1.